The van der Waals surface area contributed by atoms with Gasteiger partial charge < -0.3 is 14.8 Å². The SMILES string of the molecule is CCOc1ccc(NC(=O)COc2cc(Cl)cc(Cl)c2)c([N+](=O)[O-])c1. The number of nitrogens with one attached hydrogen (secondary N) is 1. The van der Waals surface area contributed by atoms with Crippen molar-refractivity contribution in [1.29, 1.82) is 0 Å². The van der Waals surface area contributed by atoms with Gasteiger partial charge in [0.1, 0.15) is 17.2 Å². The van der Waals surface area contributed by atoms with E-state index < -0.39 is 10.8 Å². The van der Waals surface area contributed by atoms with Crippen LogP contribution in [0.15, 0.2) is 36.4 Å². The van der Waals surface area contributed by atoms with E-state index in [1.807, 2.05) is 0 Å². The first-order chi connectivity index (χ1) is 11.9. The van der Waals surface area contributed by atoms with E-state index >= 15 is 0 Å². The summed E-state index contributed by atoms with van der Waals surface area (Å²) in [5, 5.41) is 14.3. The molecule has 2 aromatic rings. The van der Waals surface area contributed by atoms with E-state index in [2.05, 4.69) is 5.32 Å². The smallest absolute Gasteiger partial charge is 0.296 e. The molecule has 1 amide bonds. The van der Waals surface area contributed by atoms with Gasteiger partial charge in [-0.3, -0.25) is 14.9 Å². The molecule has 132 valence electrons. The number of nitro benzene ring substituents is 1. The summed E-state index contributed by atoms with van der Waals surface area (Å²) in [5.41, 5.74) is -0.226. The zero-order valence-electron chi connectivity index (χ0n) is 13.1. The lowest BCUT2D eigenvalue weighted by Gasteiger charge is -2.10. The van der Waals surface area contributed by atoms with Gasteiger partial charge in [0.25, 0.3) is 11.6 Å². The van der Waals surface area contributed by atoms with Crippen LogP contribution in [-0.4, -0.2) is 24.0 Å². The van der Waals surface area contributed by atoms with Crippen molar-refractivity contribution < 1.29 is 19.2 Å². The van der Waals surface area contributed by atoms with Crippen LogP contribution in [0.3, 0.4) is 0 Å². The molecule has 0 saturated carbocycles. The molecule has 0 aliphatic heterocycles. The third kappa shape index (κ3) is 5.51. The normalized spacial score (nSPS) is 10.2. The van der Waals surface area contributed by atoms with Gasteiger partial charge in [-0.05, 0) is 37.3 Å². The highest BCUT2D eigenvalue weighted by Crippen LogP contribution is 2.29. The highest BCUT2D eigenvalue weighted by molar-refractivity contribution is 6.34. The van der Waals surface area contributed by atoms with Crippen LogP contribution in [-0.2, 0) is 4.79 Å². The number of ether oxygens (including phenoxy) is 2. The number of amides is 1. The maximum Gasteiger partial charge on any atom is 0.296 e. The van der Waals surface area contributed by atoms with Crippen LogP contribution in [0.25, 0.3) is 0 Å². The monoisotopic (exact) mass is 384 g/mol. The Morgan fingerprint density at radius 2 is 1.80 bits per heavy atom. The van der Waals surface area contributed by atoms with Gasteiger partial charge >= 0.3 is 0 Å². The highest BCUT2D eigenvalue weighted by Gasteiger charge is 2.17. The molecule has 0 saturated heterocycles. The molecule has 2 aromatic carbocycles. The standard InChI is InChI=1S/C16H14Cl2N2O5/c1-2-24-12-3-4-14(15(8-12)20(22)23)19-16(21)9-25-13-6-10(17)5-11(18)7-13/h3-8H,2,9H2,1H3,(H,19,21). The van der Waals surface area contributed by atoms with E-state index in [9.17, 15) is 14.9 Å². The molecule has 9 heteroatoms. The molecular weight excluding hydrogens is 371 g/mol. The Kier molecular flexibility index (Phi) is 6.44. The van der Waals surface area contributed by atoms with E-state index in [1.54, 1.807) is 6.92 Å². The summed E-state index contributed by atoms with van der Waals surface area (Å²) >= 11 is 11.7. The molecule has 0 aliphatic rings. The summed E-state index contributed by atoms with van der Waals surface area (Å²) in [6.45, 7) is 1.78. The Hall–Kier alpha value is -2.51. The topological polar surface area (TPSA) is 90.7 Å². The van der Waals surface area contributed by atoms with Gasteiger partial charge in [0, 0.05) is 10.0 Å². The second-order valence-corrected chi connectivity index (χ2v) is 5.68. The lowest BCUT2D eigenvalue weighted by Crippen LogP contribution is -2.20. The van der Waals surface area contributed by atoms with Crippen molar-refractivity contribution in [3.05, 3.63) is 56.6 Å². The Labute approximate surface area is 153 Å². The number of anilines is 1. The fourth-order valence-electron chi connectivity index (χ4n) is 1.97. The first kappa shape index (κ1) is 18.8. The number of halogens is 2. The third-order valence-corrected chi connectivity index (χ3v) is 3.39. The molecule has 0 aliphatic carbocycles. The Morgan fingerprint density at radius 3 is 2.40 bits per heavy atom. The third-order valence-electron chi connectivity index (χ3n) is 2.96. The van der Waals surface area contributed by atoms with Gasteiger partial charge in [0.15, 0.2) is 6.61 Å². The average Bonchev–Trinajstić information content (AvgIpc) is 2.53. The van der Waals surface area contributed by atoms with Gasteiger partial charge in [-0.25, -0.2) is 0 Å². The van der Waals surface area contributed by atoms with E-state index in [4.69, 9.17) is 32.7 Å². The fourth-order valence-corrected chi connectivity index (χ4v) is 2.48. The van der Waals surface area contributed by atoms with Crippen molar-refractivity contribution in [3.63, 3.8) is 0 Å². The van der Waals surface area contributed by atoms with Crippen LogP contribution in [0.2, 0.25) is 10.0 Å². The molecule has 0 aromatic heterocycles. The van der Waals surface area contributed by atoms with Crippen LogP contribution in [0.4, 0.5) is 11.4 Å². The number of rotatable bonds is 7. The van der Waals surface area contributed by atoms with Crippen molar-refractivity contribution >= 4 is 40.5 Å². The molecule has 7 nitrogen and oxygen atoms in total. The van der Waals surface area contributed by atoms with Gasteiger partial charge in [-0.15, -0.1) is 0 Å². The molecule has 1 N–H and O–H groups in total. The van der Waals surface area contributed by atoms with E-state index in [-0.39, 0.29) is 18.0 Å². The first-order valence-electron chi connectivity index (χ1n) is 7.19. The summed E-state index contributed by atoms with van der Waals surface area (Å²) in [5.74, 6) is 0.0919. The molecule has 0 fully saturated rings. The molecular formula is C16H14Cl2N2O5. The van der Waals surface area contributed by atoms with E-state index in [0.29, 0.717) is 28.2 Å². The second kappa shape index (κ2) is 8.55. The molecule has 0 atom stereocenters. The quantitative estimate of drug-likeness (QED) is 0.566. The lowest BCUT2D eigenvalue weighted by molar-refractivity contribution is -0.384. The Bertz CT molecular complexity index is 778. The van der Waals surface area contributed by atoms with Crippen molar-refractivity contribution in [3.8, 4) is 11.5 Å². The van der Waals surface area contributed by atoms with Crippen LogP contribution in [0, 0.1) is 10.1 Å². The molecule has 0 heterocycles. The molecule has 25 heavy (non-hydrogen) atoms. The zero-order valence-corrected chi connectivity index (χ0v) is 14.6. The Balaban J connectivity index is 2.05. The summed E-state index contributed by atoms with van der Waals surface area (Å²) in [4.78, 5) is 22.5. The molecule has 0 spiro atoms. The molecule has 0 unspecified atom stereocenters. The van der Waals surface area contributed by atoms with Gasteiger partial charge in [-0.1, -0.05) is 23.2 Å². The maximum absolute atomic E-state index is 12.0. The van der Waals surface area contributed by atoms with E-state index in [1.165, 1.54) is 36.4 Å². The average molecular weight is 385 g/mol. The van der Waals surface area contributed by atoms with Crippen LogP contribution < -0.4 is 14.8 Å². The van der Waals surface area contributed by atoms with E-state index in [0.717, 1.165) is 0 Å². The predicted molar refractivity (Wildman–Crippen MR) is 94.9 cm³/mol. The van der Waals surface area contributed by atoms with Gasteiger partial charge in [0.05, 0.1) is 17.6 Å². The Morgan fingerprint density at radius 1 is 1.12 bits per heavy atom. The van der Waals surface area contributed by atoms with Crippen molar-refractivity contribution in [2.75, 3.05) is 18.5 Å². The van der Waals surface area contributed by atoms with Crippen LogP contribution in [0.1, 0.15) is 6.92 Å². The molecule has 0 bridgehead atoms. The summed E-state index contributed by atoms with van der Waals surface area (Å²) in [7, 11) is 0. The number of hydrogen-bond donors (Lipinski definition) is 1. The maximum atomic E-state index is 12.0. The fraction of sp³-hybridized carbons (Fsp3) is 0.188. The minimum Gasteiger partial charge on any atom is -0.494 e. The summed E-state index contributed by atoms with van der Waals surface area (Å²) < 4.78 is 10.5. The van der Waals surface area contributed by atoms with Crippen molar-refractivity contribution in [1.82, 2.24) is 0 Å². The molecule has 0 radical (unpaired) electrons. The lowest BCUT2D eigenvalue weighted by atomic mass is 10.2. The number of carbonyl (C=O) groups is 1. The number of hydrogen-bond acceptors (Lipinski definition) is 5. The molecule has 2 rings (SSSR count). The van der Waals surface area contributed by atoms with Crippen LogP contribution in [0.5, 0.6) is 11.5 Å². The number of carbonyl (C=O) groups excluding carboxylic acids is 1. The van der Waals surface area contributed by atoms with Crippen molar-refractivity contribution in [2.45, 2.75) is 6.92 Å². The minimum absolute atomic E-state index is 0.0474. The summed E-state index contributed by atoms with van der Waals surface area (Å²) in [6.07, 6.45) is 0. The highest BCUT2D eigenvalue weighted by atomic mass is 35.5. The number of nitro groups is 1. The van der Waals surface area contributed by atoms with Crippen molar-refractivity contribution in [2.24, 2.45) is 0 Å². The van der Waals surface area contributed by atoms with Gasteiger partial charge in [-0.2, -0.15) is 0 Å². The second-order valence-electron chi connectivity index (χ2n) is 4.81. The van der Waals surface area contributed by atoms with Crippen LogP contribution >= 0.6 is 23.2 Å². The minimum atomic E-state index is -0.601. The number of benzene rings is 2. The van der Waals surface area contributed by atoms with Gasteiger partial charge in [0.2, 0.25) is 0 Å². The largest absolute Gasteiger partial charge is 0.494 e. The zero-order chi connectivity index (χ0) is 18.4. The summed E-state index contributed by atoms with van der Waals surface area (Å²) in [6, 6.07) is 8.71. The predicted octanol–water partition coefficient (Wildman–Crippen LogP) is 4.32. The number of nitrogens with zero attached hydrogens (tertiary/aromatic N) is 1. The first-order valence-corrected chi connectivity index (χ1v) is 7.94.